The van der Waals surface area contributed by atoms with Crippen LogP contribution in [0.2, 0.25) is 0 Å². The lowest BCUT2D eigenvalue weighted by Gasteiger charge is -2.19. The molecule has 0 aromatic heterocycles. The molecule has 0 saturated heterocycles. The van der Waals surface area contributed by atoms with E-state index in [1.54, 1.807) is 6.20 Å². The fraction of sp³-hybridized carbons (Fsp3) is 0.364. The summed E-state index contributed by atoms with van der Waals surface area (Å²) in [5, 5.41) is 6.16. The summed E-state index contributed by atoms with van der Waals surface area (Å²) in [4.78, 5) is 0. The summed E-state index contributed by atoms with van der Waals surface area (Å²) >= 11 is 0. The third kappa shape index (κ3) is 5.06. The Labute approximate surface area is 158 Å². The van der Waals surface area contributed by atoms with Crippen LogP contribution in [0, 0.1) is 5.92 Å². The van der Waals surface area contributed by atoms with Gasteiger partial charge in [0.05, 0.1) is 5.56 Å². The lowest BCUT2D eigenvalue weighted by atomic mass is 9.93. The highest BCUT2D eigenvalue weighted by Crippen LogP contribution is 2.34. The number of rotatable bonds is 6. The lowest BCUT2D eigenvalue weighted by molar-refractivity contribution is -0.137. The third-order valence-corrected chi connectivity index (χ3v) is 5.21. The number of halogens is 3. The van der Waals surface area contributed by atoms with Crippen molar-refractivity contribution >= 4 is 5.70 Å². The minimum Gasteiger partial charge on any atom is -0.362 e. The van der Waals surface area contributed by atoms with E-state index >= 15 is 0 Å². The van der Waals surface area contributed by atoms with Crippen molar-refractivity contribution in [2.75, 3.05) is 0 Å². The molecular weight excluding hydrogens is 349 g/mol. The Balaban J connectivity index is 1.82. The summed E-state index contributed by atoms with van der Waals surface area (Å²) in [7, 11) is 0. The SMILES string of the molecule is C=C1C=C(NC(=C)c2ccc(C(F)(F)F)cc2CCC2CCCC2)C=CN1. The number of benzene rings is 1. The highest BCUT2D eigenvalue weighted by Gasteiger charge is 2.31. The zero-order chi connectivity index (χ0) is 19.4. The molecular formula is C22H25F3N2. The summed E-state index contributed by atoms with van der Waals surface area (Å²) in [6.45, 7) is 7.90. The highest BCUT2D eigenvalue weighted by atomic mass is 19.4. The van der Waals surface area contributed by atoms with Crippen molar-refractivity contribution in [3.05, 3.63) is 77.8 Å². The molecule has 0 atom stereocenters. The van der Waals surface area contributed by atoms with Crippen molar-refractivity contribution in [1.29, 1.82) is 0 Å². The van der Waals surface area contributed by atoms with Crippen LogP contribution in [0.15, 0.2) is 61.1 Å². The number of aryl methyl sites for hydroxylation is 1. The lowest BCUT2D eigenvalue weighted by Crippen LogP contribution is -2.17. The molecule has 1 aliphatic carbocycles. The minimum atomic E-state index is -4.34. The first-order valence-electron chi connectivity index (χ1n) is 9.33. The number of alkyl halides is 3. The molecule has 2 nitrogen and oxygen atoms in total. The maximum absolute atomic E-state index is 13.2. The summed E-state index contributed by atoms with van der Waals surface area (Å²) < 4.78 is 39.6. The average Bonchev–Trinajstić information content (AvgIpc) is 3.12. The Kier molecular flexibility index (Phi) is 5.78. The predicted octanol–water partition coefficient (Wildman–Crippen LogP) is 5.90. The average molecular weight is 374 g/mol. The van der Waals surface area contributed by atoms with E-state index in [9.17, 15) is 13.2 Å². The second kappa shape index (κ2) is 8.07. The van der Waals surface area contributed by atoms with Crippen molar-refractivity contribution in [3.63, 3.8) is 0 Å². The zero-order valence-electron chi connectivity index (χ0n) is 15.3. The van der Waals surface area contributed by atoms with Crippen LogP contribution in [0.5, 0.6) is 0 Å². The first-order chi connectivity index (χ1) is 12.8. The van der Waals surface area contributed by atoms with Crippen LogP contribution in [-0.2, 0) is 12.6 Å². The van der Waals surface area contributed by atoms with E-state index < -0.39 is 11.7 Å². The Bertz CT molecular complexity index is 781. The molecule has 1 saturated carbocycles. The molecule has 144 valence electrons. The fourth-order valence-electron chi connectivity index (χ4n) is 3.77. The molecule has 0 radical (unpaired) electrons. The van der Waals surface area contributed by atoms with Crippen LogP contribution >= 0.6 is 0 Å². The van der Waals surface area contributed by atoms with Gasteiger partial charge in [-0.3, -0.25) is 0 Å². The first-order valence-corrected chi connectivity index (χ1v) is 9.33. The summed E-state index contributed by atoms with van der Waals surface area (Å²) in [5.41, 5.74) is 2.96. The van der Waals surface area contributed by atoms with Crippen molar-refractivity contribution < 1.29 is 13.2 Å². The number of nitrogens with one attached hydrogen (secondary N) is 2. The molecule has 0 amide bonds. The van der Waals surface area contributed by atoms with E-state index in [1.165, 1.54) is 37.8 Å². The van der Waals surface area contributed by atoms with Crippen molar-refractivity contribution in [3.8, 4) is 0 Å². The topological polar surface area (TPSA) is 24.1 Å². The van der Waals surface area contributed by atoms with Crippen molar-refractivity contribution in [2.45, 2.75) is 44.7 Å². The van der Waals surface area contributed by atoms with Gasteiger partial charge in [0.1, 0.15) is 0 Å². The largest absolute Gasteiger partial charge is 0.416 e. The van der Waals surface area contributed by atoms with Crippen LogP contribution in [-0.4, -0.2) is 0 Å². The van der Waals surface area contributed by atoms with E-state index in [-0.39, 0.29) is 0 Å². The van der Waals surface area contributed by atoms with E-state index in [4.69, 9.17) is 0 Å². The van der Waals surface area contributed by atoms with E-state index in [0.29, 0.717) is 23.6 Å². The van der Waals surface area contributed by atoms with Crippen molar-refractivity contribution in [2.24, 2.45) is 5.92 Å². The molecule has 0 spiro atoms. The summed E-state index contributed by atoms with van der Waals surface area (Å²) in [6.07, 6.45) is 7.45. The van der Waals surface area contributed by atoms with Gasteiger partial charge < -0.3 is 10.6 Å². The summed E-state index contributed by atoms with van der Waals surface area (Å²) in [6, 6.07) is 3.94. The van der Waals surface area contributed by atoms with Crippen LogP contribution < -0.4 is 10.6 Å². The number of hydrogen-bond donors (Lipinski definition) is 2. The second-order valence-corrected chi connectivity index (χ2v) is 7.26. The van der Waals surface area contributed by atoms with Gasteiger partial charge in [0, 0.05) is 28.9 Å². The Morgan fingerprint density at radius 3 is 2.63 bits per heavy atom. The summed E-state index contributed by atoms with van der Waals surface area (Å²) in [5.74, 6) is 0.618. The molecule has 1 aromatic carbocycles. The number of allylic oxidation sites excluding steroid dienone is 2. The van der Waals surface area contributed by atoms with Gasteiger partial charge >= 0.3 is 6.18 Å². The van der Waals surface area contributed by atoms with E-state index in [0.717, 1.165) is 29.4 Å². The third-order valence-electron chi connectivity index (χ3n) is 5.21. The standard InChI is InChI=1S/C22H25F3N2/c1-15-13-20(11-12-26-15)27-16(2)21-10-9-19(22(23,24)25)14-18(21)8-7-17-5-3-4-6-17/h9-14,17,26-27H,1-8H2. The molecule has 27 heavy (non-hydrogen) atoms. The monoisotopic (exact) mass is 374 g/mol. The van der Waals surface area contributed by atoms with Crippen molar-refractivity contribution in [1.82, 2.24) is 10.6 Å². The zero-order valence-corrected chi connectivity index (χ0v) is 15.3. The van der Waals surface area contributed by atoms with E-state index in [1.807, 2.05) is 12.2 Å². The molecule has 1 aliphatic heterocycles. The van der Waals surface area contributed by atoms with E-state index in [2.05, 4.69) is 23.8 Å². The number of dihydropyridines is 1. The number of hydrogen-bond acceptors (Lipinski definition) is 2. The van der Waals surface area contributed by atoms with Crippen LogP contribution in [0.3, 0.4) is 0 Å². The van der Waals surface area contributed by atoms with Crippen LogP contribution in [0.4, 0.5) is 13.2 Å². The van der Waals surface area contributed by atoms with Crippen LogP contribution in [0.25, 0.3) is 5.70 Å². The van der Waals surface area contributed by atoms with Gasteiger partial charge in [0.25, 0.3) is 0 Å². The second-order valence-electron chi connectivity index (χ2n) is 7.26. The molecule has 0 bridgehead atoms. The maximum Gasteiger partial charge on any atom is 0.416 e. The normalized spacial score (nSPS) is 17.6. The van der Waals surface area contributed by atoms with Gasteiger partial charge in [-0.1, -0.05) is 44.9 Å². The fourth-order valence-corrected chi connectivity index (χ4v) is 3.77. The molecule has 1 fully saturated rings. The quantitative estimate of drug-likeness (QED) is 0.647. The molecule has 2 N–H and O–H groups in total. The molecule has 1 aromatic rings. The highest BCUT2D eigenvalue weighted by molar-refractivity contribution is 5.67. The first kappa shape index (κ1) is 19.3. The smallest absolute Gasteiger partial charge is 0.362 e. The molecule has 1 heterocycles. The Morgan fingerprint density at radius 2 is 1.96 bits per heavy atom. The molecule has 3 rings (SSSR count). The van der Waals surface area contributed by atoms with Gasteiger partial charge in [-0.25, -0.2) is 0 Å². The predicted molar refractivity (Wildman–Crippen MR) is 103 cm³/mol. The minimum absolute atomic E-state index is 0.593. The van der Waals surface area contributed by atoms with Gasteiger partial charge in [-0.15, -0.1) is 0 Å². The van der Waals surface area contributed by atoms with Gasteiger partial charge in [0.2, 0.25) is 0 Å². The van der Waals surface area contributed by atoms with Gasteiger partial charge in [-0.05, 0) is 48.6 Å². The Hall–Kier alpha value is -2.43. The van der Waals surface area contributed by atoms with Gasteiger partial charge in [-0.2, -0.15) is 13.2 Å². The Morgan fingerprint density at radius 1 is 1.22 bits per heavy atom. The van der Waals surface area contributed by atoms with Crippen LogP contribution in [0.1, 0.15) is 48.8 Å². The molecule has 2 aliphatic rings. The van der Waals surface area contributed by atoms with Gasteiger partial charge in [0.15, 0.2) is 0 Å². The molecule has 5 heteroatoms. The molecule has 0 unspecified atom stereocenters. The maximum atomic E-state index is 13.2.